The molecule has 3 amide bonds. The van der Waals surface area contributed by atoms with E-state index in [4.69, 9.17) is 14.0 Å². The number of aromatic nitrogens is 2. The van der Waals surface area contributed by atoms with Crippen LogP contribution < -0.4 is 14.8 Å². The Morgan fingerprint density at radius 2 is 2.10 bits per heavy atom. The first kappa shape index (κ1) is 19.2. The molecule has 29 heavy (non-hydrogen) atoms. The number of urea groups is 1. The highest BCUT2D eigenvalue weighted by atomic mass is 16.5. The number of carbonyl (C=O) groups excluding carboxylic acids is 2. The van der Waals surface area contributed by atoms with Crippen molar-refractivity contribution in [2.75, 3.05) is 14.2 Å². The van der Waals surface area contributed by atoms with E-state index in [1.807, 2.05) is 6.92 Å². The summed E-state index contributed by atoms with van der Waals surface area (Å²) in [6, 6.07) is 4.83. The molecule has 9 nitrogen and oxygen atoms in total. The van der Waals surface area contributed by atoms with Gasteiger partial charge in [0.2, 0.25) is 11.7 Å². The maximum absolute atomic E-state index is 13.1. The first-order valence-corrected chi connectivity index (χ1v) is 9.67. The molecule has 2 aromatic rings. The minimum atomic E-state index is -0.808. The summed E-state index contributed by atoms with van der Waals surface area (Å²) in [7, 11) is 3.11. The van der Waals surface area contributed by atoms with Crippen LogP contribution in [0.5, 0.6) is 11.5 Å². The summed E-state index contributed by atoms with van der Waals surface area (Å²) in [6.45, 7) is 1.95. The van der Waals surface area contributed by atoms with Crippen LogP contribution in [0.3, 0.4) is 0 Å². The topological polar surface area (TPSA) is 107 Å². The fraction of sp³-hybridized carbons (Fsp3) is 0.500. The molecule has 2 aliphatic rings. The molecule has 2 heterocycles. The van der Waals surface area contributed by atoms with E-state index in [0.717, 1.165) is 19.3 Å². The van der Waals surface area contributed by atoms with E-state index >= 15 is 0 Å². The zero-order valence-corrected chi connectivity index (χ0v) is 16.7. The van der Waals surface area contributed by atoms with E-state index in [1.165, 1.54) is 12.0 Å². The van der Waals surface area contributed by atoms with Gasteiger partial charge >= 0.3 is 6.03 Å². The minimum Gasteiger partial charge on any atom is -0.497 e. The molecule has 1 aliphatic heterocycles. The molecule has 1 aromatic heterocycles. The third kappa shape index (κ3) is 3.20. The smallest absolute Gasteiger partial charge is 0.325 e. The summed E-state index contributed by atoms with van der Waals surface area (Å²) >= 11 is 0. The summed E-state index contributed by atoms with van der Waals surface area (Å²) < 4.78 is 15.9. The van der Waals surface area contributed by atoms with Crippen molar-refractivity contribution in [3.05, 3.63) is 24.1 Å². The molecule has 0 unspecified atom stereocenters. The van der Waals surface area contributed by atoms with Gasteiger partial charge < -0.3 is 19.3 Å². The molecule has 4 rings (SSSR count). The number of benzene rings is 1. The quantitative estimate of drug-likeness (QED) is 0.769. The summed E-state index contributed by atoms with van der Waals surface area (Å²) in [6.07, 6.45) is 3.57. The Bertz CT molecular complexity index is 943. The Kier molecular flexibility index (Phi) is 4.89. The van der Waals surface area contributed by atoms with Gasteiger partial charge in [0.05, 0.1) is 19.8 Å². The van der Waals surface area contributed by atoms with Crippen LogP contribution in [0.25, 0.3) is 11.4 Å². The third-order valence-electron chi connectivity index (χ3n) is 5.91. The van der Waals surface area contributed by atoms with Crippen LogP contribution in [0.2, 0.25) is 0 Å². The lowest BCUT2D eigenvalue weighted by Crippen LogP contribution is -2.53. The summed E-state index contributed by atoms with van der Waals surface area (Å²) in [5.74, 6) is 1.55. The lowest BCUT2D eigenvalue weighted by atomic mass is 9.73. The second-order valence-corrected chi connectivity index (χ2v) is 7.52. The van der Waals surface area contributed by atoms with Crippen molar-refractivity contribution in [1.29, 1.82) is 0 Å². The fourth-order valence-corrected chi connectivity index (χ4v) is 4.19. The Balaban J connectivity index is 1.56. The molecule has 1 spiro atoms. The molecule has 1 saturated heterocycles. The van der Waals surface area contributed by atoms with Gasteiger partial charge in [-0.1, -0.05) is 24.9 Å². The summed E-state index contributed by atoms with van der Waals surface area (Å²) in [4.78, 5) is 31.1. The van der Waals surface area contributed by atoms with Crippen LogP contribution >= 0.6 is 0 Å². The molecule has 9 heteroatoms. The van der Waals surface area contributed by atoms with E-state index in [1.54, 1.807) is 25.3 Å². The van der Waals surface area contributed by atoms with Crippen LogP contribution in [-0.2, 0) is 11.3 Å². The first-order valence-electron chi connectivity index (χ1n) is 9.67. The van der Waals surface area contributed by atoms with Gasteiger partial charge in [-0.25, -0.2) is 4.79 Å². The fourth-order valence-electron chi connectivity index (χ4n) is 4.19. The Labute approximate surface area is 168 Å². The summed E-state index contributed by atoms with van der Waals surface area (Å²) in [5.41, 5.74) is -0.185. The van der Waals surface area contributed by atoms with Crippen molar-refractivity contribution in [3.8, 4) is 22.9 Å². The van der Waals surface area contributed by atoms with Crippen LogP contribution in [0.15, 0.2) is 22.7 Å². The van der Waals surface area contributed by atoms with Gasteiger partial charge in [-0.05, 0) is 30.9 Å². The number of nitrogens with zero attached hydrogens (tertiary/aromatic N) is 3. The highest BCUT2D eigenvalue weighted by Crippen LogP contribution is 2.38. The number of carbonyl (C=O) groups is 2. The Morgan fingerprint density at radius 1 is 1.28 bits per heavy atom. The highest BCUT2D eigenvalue weighted by molar-refractivity contribution is 6.07. The largest absolute Gasteiger partial charge is 0.497 e. The van der Waals surface area contributed by atoms with Crippen molar-refractivity contribution >= 4 is 11.9 Å². The normalized spacial score (nSPS) is 24.1. The van der Waals surface area contributed by atoms with E-state index in [2.05, 4.69) is 15.5 Å². The molecule has 0 radical (unpaired) electrons. The zero-order chi connectivity index (χ0) is 20.6. The van der Waals surface area contributed by atoms with Crippen LogP contribution in [0.4, 0.5) is 4.79 Å². The molecular weight excluding hydrogens is 376 g/mol. The van der Waals surface area contributed by atoms with E-state index in [9.17, 15) is 9.59 Å². The number of hydrogen-bond donors (Lipinski definition) is 1. The SMILES string of the molecule is COc1ccc(-c2noc(CN3C(=O)N[C@]4(CCCC[C@H]4C)C3=O)n2)c(OC)c1. The number of methoxy groups -OCH3 is 2. The molecular formula is C20H24N4O5. The molecule has 1 saturated carbocycles. The van der Waals surface area contributed by atoms with Crippen LogP contribution in [0, 0.1) is 5.92 Å². The number of amides is 3. The third-order valence-corrected chi connectivity index (χ3v) is 5.91. The minimum absolute atomic E-state index is 0.0649. The molecule has 1 aliphatic carbocycles. The van der Waals surface area contributed by atoms with E-state index < -0.39 is 11.6 Å². The zero-order valence-electron chi connectivity index (χ0n) is 16.7. The predicted octanol–water partition coefficient (Wildman–Crippen LogP) is 2.75. The van der Waals surface area contributed by atoms with E-state index in [0.29, 0.717) is 29.3 Å². The number of hydrogen-bond acceptors (Lipinski definition) is 7. The van der Waals surface area contributed by atoms with Crippen molar-refractivity contribution < 1.29 is 23.6 Å². The second kappa shape index (κ2) is 7.38. The average molecular weight is 400 g/mol. The van der Waals surface area contributed by atoms with Gasteiger partial charge in [0.15, 0.2) is 0 Å². The van der Waals surface area contributed by atoms with Crippen molar-refractivity contribution in [3.63, 3.8) is 0 Å². The molecule has 154 valence electrons. The highest BCUT2D eigenvalue weighted by Gasteiger charge is 2.55. The Hall–Kier alpha value is -3.10. The number of ether oxygens (including phenoxy) is 2. The lowest BCUT2D eigenvalue weighted by Gasteiger charge is -2.36. The van der Waals surface area contributed by atoms with Gasteiger partial charge in [-0.2, -0.15) is 4.98 Å². The maximum Gasteiger partial charge on any atom is 0.325 e. The lowest BCUT2D eigenvalue weighted by molar-refractivity contribution is -0.134. The van der Waals surface area contributed by atoms with Crippen molar-refractivity contribution in [2.24, 2.45) is 5.92 Å². The monoisotopic (exact) mass is 400 g/mol. The molecule has 1 aromatic carbocycles. The number of nitrogens with one attached hydrogen (secondary N) is 1. The molecule has 1 N–H and O–H groups in total. The van der Waals surface area contributed by atoms with Crippen LogP contribution in [-0.4, -0.2) is 46.7 Å². The predicted molar refractivity (Wildman–Crippen MR) is 102 cm³/mol. The second-order valence-electron chi connectivity index (χ2n) is 7.52. The van der Waals surface area contributed by atoms with Gasteiger partial charge in [0.25, 0.3) is 5.91 Å². The average Bonchev–Trinajstić information content (AvgIpc) is 3.29. The van der Waals surface area contributed by atoms with Gasteiger partial charge in [0, 0.05) is 6.07 Å². The van der Waals surface area contributed by atoms with Crippen molar-refractivity contribution in [1.82, 2.24) is 20.4 Å². The van der Waals surface area contributed by atoms with E-state index in [-0.39, 0.29) is 24.3 Å². The van der Waals surface area contributed by atoms with Gasteiger partial charge in [-0.3, -0.25) is 9.69 Å². The van der Waals surface area contributed by atoms with Gasteiger partial charge in [0.1, 0.15) is 23.6 Å². The summed E-state index contributed by atoms with van der Waals surface area (Å²) in [5, 5.41) is 6.91. The maximum atomic E-state index is 13.1. The first-order chi connectivity index (χ1) is 14.0. The Morgan fingerprint density at radius 3 is 2.83 bits per heavy atom. The standard InChI is InChI=1S/C20H24N4O5/c1-12-6-4-5-9-20(12)18(25)24(19(26)22-20)11-16-21-17(23-29-16)14-8-7-13(27-2)10-15(14)28-3/h7-8,10,12H,4-6,9,11H2,1-3H3,(H,22,26)/t12-,20+/m1/s1. The molecule has 2 atom stereocenters. The molecule has 0 bridgehead atoms. The van der Waals surface area contributed by atoms with Crippen molar-refractivity contribution in [2.45, 2.75) is 44.7 Å². The molecule has 2 fully saturated rings. The van der Waals surface area contributed by atoms with Gasteiger partial charge in [-0.15, -0.1) is 0 Å². The van der Waals surface area contributed by atoms with Crippen LogP contribution in [0.1, 0.15) is 38.5 Å². The number of rotatable bonds is 5. The number of imide groups is 1.